The Morgan fingerprint density at radius 3 is 3.13 bits per heavy atom. The van der Waals surface area contributed by atoms with Crippen LogP contribution in [0, 0.1) is 0 Å². The molecular formula is C9H12N6. The molecule has 0 atom stereocenters. The third-order valence-electron chi connectivity index (χ3n) is 2.51. The average molecular weight is 204 g/mol. The number of nitrogens with one attached hydrogen (secondary N) is 2. The first-order valence-electron chi connectivity index (χ1n) is 5.02. The van der Waals surface area contributed by atoms with E-state index in [4.69, 9.17) is 5.73 Å². The molecule has 0 bridgehead atoms. The number of hydrogen-bond acceptors (Lipinski definition) is 5. The van der Waals surface area contributed by atoms with Crippen LogP contribution in [-0.4, -0.2) is 26.0 Å². The molecule has 6 nitrogen and oxygen atoms in total. The zero-order chi connectivity index (χ0) is 10.3. The van der Waals surface area contributed by atoms with Crippen LogP contribution in [0.5, 0.6) is 0 Å². The molecule has 0 amide bonds. The lowest BCUT2D eigenvalue weighted by Crippen LogP contribution is -2.17. The second-order valence-corrected chi connectivity index (χ2v) is 3.78. The SMILES string of the molecule is Nc1nc(CNC2CC2)c2[nH]cnc2n1. The number of fused-ring (bicyclic) bond motifs is 1. The lowest BCUT2D eigenvalue weighted by Gasteiger charge is -2.03. The van der Waals surface area contributed by atoms with Crippen LogP contribution in [0.2, 0.25) is 0 Å². The molecule has 0 saturated heterocycles. The normalized spacial score (nSPS) is 16.0. The number of H-pyrrole nitrogens is 1. The van der Waals surface area contributed by atoms with Crippen molar-refractivity contribution in [3.8, 4) is 0 Å². The van der Waals surface area contributed by atoms with E-state index in [2.05, 4.69) is 25.3 Å². The van der Waals surface area contributed by atoms with Crippen molar-refractivity contribution in [3.05, 3.63) is 12.0 Å². The monoisotopic (exact) mass is 204 g/mol. The van der Waals surface area contributed by atoms with Gasteiger partial charge >= 0.3 is 0 Å². The summed E-state index contributed by atoms with van der Waals surface area (Å²) in [6.45, 7) is 0.718. The third kappa shape index (κ3) is 1.63. The maximum Gasteiger partial charge on any atom is 0.222 e. The summed E-state index contributed by atoms with van der Waals surface area (Å²) in [7, 11) is 0. The van der Waals surface area contributed by atoms with Gasteiger partial charge in [0.25, 0.3) is 0 Å². The highest BCUT2D eigenvalue weighted by Gasteiger charge is 2.21. The van der Waals surface area contributed by atoms with E-state index in [1.54, 1.807) is 6.33 Å². The van der Waals surface area contributed by atoms with Gasteiger partial charge in [-0.2, -0.15) is 4.98 Å². The fourth-order valence-electron chi connectivity index (χ4n) is 1.57. The quantitative estimate of drug-likeness (QED) is 0.663. The smallest absolute Gasteiger partial charge is 0.222 e. The van der Waals surface area contributed by atoms with Crippen molar-refractivity contribution in [3.63, 3.8) is 0 Å². The zero-order valence-electron chi connectivity index (χ0n) is 8.20. The van der Waals surface area contributed by atoms with Crippen LogP contribution in [0.25, 0.3) is 11.2 Å². The first-order chi connectivity index (χ1) is 7.33. The molecule has 0 aliphatic heterocycles. The van der Waals surface area contributed by atoms with E-state index < -0.39 is 0 Å². The Labute approximate surface area is 86.3 Å². The second-order valence-electron chi connectivity index (χ2n) is 3.78. The average Bonchev–Trinajstić information content (AvgIpc) is 2.92. The highest BCUT2D eigenvalue weighted by Crippen LogP contribution is 2.20. The Bertz CT molecular complexity index is 486. The molecule has 1 fully saturated rings. The third-order valence-corrected chi connectivity index (χ3v) is 2.51. The predicted molar refractivity (Wildman–Crippen MR) is 56.0 cm³/mol. The van der Waals surface area contributed by atoms with Gasteiger partial charge in [-0.15, -0.1) is 0 Å². The van der Waals surface area contributed by atoms with E-state index in [-0.39, 0.29) is 5.95 Å². The van der Waals surface area contributed by atoms with Gasteiger partial charge in [0.05, 0.1) is 12.0 Å². The molecule has 3 rings (SSSR count). The minimum Gasteiger partial charge on any atom is -0.368 e. The van der Waals surface area contributed by atoms with E-state index in [0.29, 0.717) is 11.7 Å². The molecule has 6 heteroatoms. The van der Waals surface area contributed by atoms with Gasteiger partial charge in [0, 0.05) is 12.6 Å². The van der Waals surface area contributed by atoms with Gasteiger partial charge in [-0.25, -0.2) is 9.97 Å². The van der Waals surface area contributed by atoms with Crippen LogP contribution in [0.15, 0.2) is 6.33 Å². The van der Waals surface area contributed by atoms with Gasteiger partial charge in [-0.1, -0.05) is 0 Å². The summed E-state index contributed by atoms with van der Waals surface area (Å²) in [6.07, 6.45) is 4.12. The number of rotatable bonds is 3. The first kappa shape index (κ1) is 8.60. The number of hydrogen-bond donors (Lipinski definition) is 3. The number of nitrogens with zero attached hydrogens (tertiary/aromatic N) is 3. The van der Waals surface area contributed by atoms with Crippen molar-refractivity contribution in [1.82, 2.24) is 25.3 Å². The Morgan fingerprint density at radius 1 is 1.47 bits per heavy atom. The number of imidazole rings is 1. The summed E-state index contributed by atoms with van der Waals surface area (Å²) in [5, 5.41) is 3.39. The summed E-state index contributed by atoms with van der Waals surface area (Å²) < 4.78 is 0. The van der Waals surface area contributed by atoms with Gasteiger partial charge in [-0.05, 0) is 12.8 Å². The first-order valence-corrected chi connectivity index (χ1v) is 5.02. The molecule has 4 N–H and O–H groups in total. The minimum atomic E-state index is 0.280. The van der Waals surface area contributed by atoms with Gasteiger partial charge in [0.1, 0.15) is 5.52 Å². The van der Waals surface area contributed by atoms with Gasteiger partial charge in [0.2, 0.25) is 5.95 Å². The predicted octanol–water partition coefficient (Wildman–Crippen LogP) is 0.187. The molecule has 0 radical (unpaired) electrons. The molecule has 2 aromatic rings. The summed E-state index contributed by atoms with van der Waals surface area (Å²) in [5.74, 6) is 0.280. The molecule has 0 spiro atoms. The van der Waals surface area contributed by atoms with Crippen molar-refractivity contribution < 1.29 is 0 Å². The minimum absolute atomic E-state index is 0.280. The van der Waals surface area contributed by atoms with Crippen LogP contribution in [-0.2, 0) is 6.54 Å². The highest BCUT2D eigenvalue weighted by atomic mass is 15.1. The molecule has 78 valence electrons. The molecule has 2 heterocycles. The van der Waals surface area contributed by atoms with Crippen LogP contribution >= 0.6 is 0 Å². The second kappa shape index (κ2) is 3.16. The molecule has 1 aliphatic carbocycles. The van der Waals surface area contributed by atoms with Crippen LogP contribution in [0.1, 0.15) is 18.5 Å². The van der Waals surface area contributed by atoms with Crippen molar-refractivity contribution in [2.75, 3.05) is 5.73 Å². The van der Waals surface area contributed by atoms with Crippen molar-refractivity contribution in [2.45, 2.75) is 25.4 Å². The zero-order valence-corrected chi connectivity index (χ0v) is 8.20. The Balaban J connectivity index is 1.95. The Kier molecular flexibility index (Phi) is 1.81. The maximum atomic E-state index is 5.60. The van der Waals surface area contributed by atoms with E-state index in [1.807, 2.05) is 0 Å². The summed E-state index contributed by atoms with van der Waals surface area (Å²) >= 11 is 0. The summed E-state index contributed by atoms with van der Waals surface area (Å²) in [6, 6.07) is 0.652. The molecule has 2 aromatic heterocycles. The van der Waals surface area contributed by atoms with Crippen LogP contribution in [0.3, 0.4) is 0 Å². The largest absolute Gasteiger partial charge is 0.368 e. The van der Waals surface area contributed by atoms with Gasteiger partial charge < -0.3 is 16.0 Å². The van der Waals surface area contributed by atoms with Crippen LogP contribution in [0.4, 0.5) is 5.95 Å². The fourth-order valence-corrected chi connectivity index (χ4v) is 1.57. The number of nitrogen functional groups attached to an aromatic ring is 1. The lowest BCUT2D eigenvalue weighted by atomic mass is 10.3. The van der Waals surface area contributed by atoms with Crippen molar-refractivity contribution in [2.24, 2.45) is 0 Å². The Morgan fingerprint density at radius 2 is 2.33 bits per heavy atom. The van der Waals surface area contributed by atoms with Gasteiger partial charge in [0.15, 0.2) is 5.65 Å². The molecule has 0 unspecified atom stereocenters. The van der Waals surface area contributed by atoms with E-state index in [9.17, 15) is 0 Å². The highest BCUT2D eigenvalue weighted by molar-refractivity contribution is 5.73. The van der Waals surface area contributed by atoms with Crippen molar-refractivity contribution >= 4 is 17.1 Å². The standard InChI is InChI=1S/C9H12N6/c10-9-14-6(3-11-5-1-2-5)7-8(15-9)13-4-12-7/h4-5,11H,1-3H2,(H3,10,12,13,14,15). The number of nitrogens with two attached hydrogens (primary N) is 1. The number of aromatic amines is 1. The van der Waals surface area contributed by atoms with E-state index in [0.717, 1.165) is 17.8 Å². The van der Waals surface area contributed by atoms with Crippen LogP contribution < -0.4 is 11.1 Å². The molecular weight excluding hydrogens is 192 g/mol. The molecule has 1 aliphatic rings. The topological polar surface area (TPSA) is 92.5 Å². The van der Waals surface area contributed by atoms with Crippen molar-refractivity contribution in [1.29, 1.82) is 0 Å². The molecule has 15 heavy (non-hydrogen) atoms. The number of aromatic nitrogens is 4. The number of anilines is 1. The van der Waals surface area contributed by atoms with E-state index in [1.165, 1.54) is 12.8 Å². The fraction of sp³-hybridized carbons (Fsp3) is 0.444. The summed E-state index contributed by atoms with van der Waals surface area (Å²) in [5.41, 5.74) is 8.00. The molecule has 0 aromatic carbocycles. The molecule has 1 saturated carbocycles. The van der Waals surface area contributed by atoms with Gasteiger partial charge in [-0.3, -0.25) is 0 Å². The summed E-state index contributed by atoms with van der Waals surface area (Å²) in [4.78, 5) is 15.3. The lowest BCUT2D eigenvalue weighted by molar-refractivity contribution is 0.677. The van der Waals surface area contributed by atoms with E-state index >= 15 is 0 Å². The maximum absolute atomic E-state index is 5.60. The Hall–Kier alpha value is -1.69.